The highest BCUT2D eigenvalue weighted by atomic mass is 15.3. The lowest BCUT2D eigenvalue weighted by atomic mass is 9.80. The van der Waals surface area contributed by atoms with Gasteiger partial charge in [-0.1, -0.05) is 0 Å². The summed E-state index contributed by atoms with van der Waals surface area (Å²) in [4.78, 5) is 4.88. The van der Waals surface area contributed by atoms with Gasteiger partial charge in [-0.3, -0.25) is 14.3 Å². The first-order chi connectivity index (χ1) is 12.1. The lowest BCUT2D eigenvalue weighted by Crippen LogP contribution is -2.32. The predicted octanol–water partition coefficient (Wildman–Crippen LogP) is 2.93. The van der Waals surface area contributed by atoms with E-state index in [-0.39, 0.29) is 0 Å². The third-order valence-electron chi connectivity index (χ3n) is 5.85. The largest absolute Gasteiger partial charge is 0.330 e. The highest BCUT2D eigenvalue weighted by molar-refractivity contribution is 5.85. The van der Waals surface area contributed by atoms with Gasteiger partial charge < -0.3 is 5.73 Å². The molecule has 5 rings (SSSR count). The number of fused-ring (bicyclic) bond motifs is 1. The molecule has 2 saturated carbocycles. The monoisotopic (exact) mass is 336 g/mol. The van der Waals surface area contributed by atoms with Crippen molar-refractivity contribution in [2.75, 3.05) is 6.54 Å². The zero-order valence-corrected chi connectivity index (χ0v) is 14.8. The van der Waals surface area contributed by atoms with Gasteiger partial charge >= 0.3 is 0 Å². The van der Waals surface area contributed by atoms with Crippen molar-refractivity contribution in [3.05, 3.63) is 29.8 Å². The lowest BCUT2D eigenvalue weighted by molar-refractivity contribution is 0.189. The topological polar surface area (TPSA) is 74.6 Å². The summed E-state index contributed by atoms with van der Waals surface area (Å²) in [7, 11) is 1.98. The van der Waals surface area contributed by atoms with Crippen LogP contribution in [-0.2, 0) is 7.05 Å². The maximum Gasteiger partial charge on any atom is 0.0761 e. The number of nitrogens with zero attached hydrogens (tertiary/aromatic N) is 5. The summed E-state index contributed by atoms with van der Waals surface area (Å²) in [6.45, 7) is 2.85. The molecule has 3 aromatic heterocycles. The molecule has 3 aromatic rings. The Hall–Kier alpha value is -2.21. The van der Waals surface area contributed by atoms with Crippen molar-refractivity contribution in [2.45, 2.75) is 44.6 Å². The zero-order valence-electron chi connectivity index (χ0n) is 14.8. The quantitative estimate of drug-likeness (QED) is 0.795. The van der Waals surface area contributed by atoms with Crippen LogP contribution in [0, 0.1) is 12.8 Å². The first kappa shape index (κ1) is 15.1. The van der Waals surface area contributed by atoms with Crippen LogP contribution in [0.5, 0.6) is 0 Å². The molecule has 2 aliphatic carbocycles. The molecule has 2 fully saturated rings. The highest BCUT2D eigenvalue weighted by Gasteiger charge is 2.34. The average molecular weight is 336 g/mol. The third-order valence-corrected chi connectivity index (χ3v) is 5.85. The van der Waals surface area contributed by atoms with Crippen LogP contribution in [0.25, 0.3) is 22.2 Å². The Morgan fingerprint density at radius 1 is 1.28 bits per heavy atom. The maximum atomic E-state index is 5.78. The number of hydrogen-bond acceptors (Lipinski definition) is 4. The number of nitrogens with two attached hydrogens (primary N) is 1. The van der Waals surface area contributed by atoms with E-state index in [1.807, 2.05) is 17.9 Å². The number of rotatable bonds is 4. The fourth-order valence-electron chi connectivity index (χ4n) is 3.99. The molecule has 2 aliphatic rings. The molecule has 0 aromatic carbocycles. The maximum absolute atomic E-state index is 5.78. The van der Waals surface area contributed by atoms with Gasteiger partial charge in [0.15, 0.2) is 0 Å². The second kappa shape index (κ2) is 5.39. The van der Waals surface area contributed by atoms with Crippen molar-refractivity contribution in [3.8, 4) is 11.3 Å². The molecule has 130 valence electrons. The zero-order chi connectivity index (χ0) is 17.1. The lowest BCUT2D eigenvalue weighted by Gasteiger charge is -2.34. The van der Waals surface area contributed by atoms with Gasteiger partial charge in [0.25, 0.3) is 0 Å². The Morgan fingerprint density at radius 3 is 2.80 bits per heavy atom. The molecule has 0 amide bonds. The highest BCUT2D eigenvalue weighted by Crippen LogP contribution is 2.45. The Morgan fingerprint density at radius 2 is 2.08 bits per heavy atom. The summed E-state index contributed by atoms with van der Waals surface area (Å²) in [5, 5.41) is 10.5. The molecule has 6 heteroatoms. The molecule has 0 radical (unpaired) electrons. The SMILES string of the molecule is Cc1nc(-c2cn(C3CC(CN)C3)nc2C2CC2)cc2c1cnn2C. The molecule has 0 spiro atoms. The van der Waals surface area contributed by atoms with Gasteiger partial charge in [-0.15, -0.1) is 0 Å². The fraction of sp³-hybridized carbons (Fsp3) is 0.526. The average Bonchev–Trinajstić information content (AvgIpc) is 3.21. The molecule has 0 saturated heterocycles. The van der Waals surface area contributed by atoms with Crippen molar-refractivity contribution in [1.82, 2.24) is 24.5 Å². The summed E-state index contributed by atoms with van der Waals surface area (Å²) < 4.78 is 4.10. The minimum Gasteiger partial charge on any atom is -0.330 e. The molecule has 0 atom stereocenters. The molecule has 25 heavy (non-hydrogen) atoms. The standard InChI is InChI=1S/C19H24N6/c1-11-15-9-21-24(2)18(15)7-17(22-11)16-10-25(14-5-12(6-14)8-20)23-19(16)13-3-4-13/h7,9-10,12-14H,3-6,8,20H2,1-2H3. The Bertz CT molecular complexity index is 942. The van der Waals surface area contributed by atoms with Crippen LogP contribution in [-0.4, -0.2) is 31.1 Å². The Labute approximate surface area is 147 Å². The van der Waals surface area contributed by atoms with Gasteiger partial charge in [-0.05, 0) is 51.1 Å². The van der Waals surface area contributed by atoms with E-state index in [9.17, 15) is 0 Å². The molecule has 6 nitrogen and oxygen atoms in total. The van der Waals surface area contributed by atoms with E-state index in [1.54, 1.807) is 0 Å². The first-order valence-electron chi connectivity index (χ1n) is 9.23. The van der Waals surface area contributed by atoms with Crippen molar-refractivity contribution >= 4 is 10.9 Å². The van der Waals surface area contributed by atoms with E-state index in [2.05, 4.69) is 29.0 Å². The summed E-state index contributed by atoms with van der Waals surface area (Å²) in [6.07, 6.45) is 8.90. The molecule has 3 heterocycles. The van der Waals surface area contributed by atoms with E-state index in [0.29, 0.717) is 17.9 Å². The number of hydrogen-bond donors (Lipinski definition) is 1. The van der Waals surface area contributed by atoms with Gasteiger partial charge in [0.2, 0.25) is 0 Å². The van der Waals surface area contributed by atoms with Gasteiger partial charge in [-0.2, -0.15) is 10.2 Å². The Balaban J connectivity index is 1.59. The van der Waals surface area contributed by atoms with E-state index < -0.39 is 0 Å². The van der Waals surface area contributed by atoms with Crippen LogP contribution < -0.4 is 5.73 Å². The fourth-order valence-corrected chi connectivity index (χ4v) is 3.99. The second-order valence-corrected chi connectivity index (χ2v) is 7.70. The van der Waals surface area contributed by atoms with Crippen LogP contribution in [0.15, 0.2) is 18.5 Å². The van der Waals surface area contributed by atoms with Gasteiger partial charge in [0.1, 0.15) is 0 Å². The summed E-state index contributed by atoms with van der Waals surface area (Å²) in [6, 6.07) is 2.66. The molecular weight excluding hydrogens is 312 g/mol. The summed E-state index contributed by atoms with van der Waals surface area (Å²) >= 11 is 0. The van der Waals surface area contributed by atoms with Crippen LogP contribution in [0.1, 0.15) is 49.0 Å². The van der Waals surface area contributed by atoms with E-state index in [1.165, 1.54) is 24.1 Å². The van der Waals surface area contributed by atoms with E-state index in [4.69, 9.17) is 15.8 Å². The predicted molar refractivity (Wildman–Crippen MR) is 97.3 cm³/mol. The number of aromatic nitrogens is 5. The second-order valence-electron chi connectivity index (χ2n) is 7.70. The van der Waals surface area contributed by atoms with Crippen LogP contribution >= 0.6 is 0 Å². The summed E-state index contributed by atoms with van der Waals surface area (Å²) in [5.74, 6) is 1.26. The van der Waals surface area contributed by atoms with Gasteiger partial charge in [-0.25, -0.2) is 0 Å². The van der Waals surface area contributed by atoms with Crippen molar-refractivity contribution in [3.63, 3.8) is 0 Å². The number of pyridine rings is 1. The van der Waals surface area contributed by atoms with Crippen LogP contribution in [0.3, 0.4) is 0 Å². The summed E-state index contributed by atoms with van der Waals surface area (Å²) in [5.41, 5.74) is 11.4. The molecular formula is C19H24N6. The van der Waals surface area contributed by atoms with Gasteiger partial charge in [0, 0.05) is 35.8 Å². The molecule has 0 bridgehead atoms. The molecule has 0 aliphatic heterocycles. The van der Waals surface area contributed by atoms with E-state index >= 15 is 0 Å². The minimum absolute atomic E-state index is 0.501. The van der Waals surface area contributed by atoms with Crippen molar-refractivity contribution in [2.24, 2.45) is 18.7 Å². The molecule has 2 N–H and O–H groups in total. The first-order valence-corrected chi connectivity index (χ1v) is 9.23. The minimum atomic E-state index is 0.501. The third kappa shape index (κ3) is 2.39. The van der Waals surface area contributed by atoms with Crippen molar-refractivity contribution in [1.29, 1.82) is 0 Å². The molecule has 0 unspecified atom stereocenters. The van der Waals surface area contributed by atoms with E-state index in [0.717, 1.165) is 41.7 Å². The van der Waals surface area contributed by atoms with Crippen LogP contribution in [0.2, 0.25) is 0 Å². The van der Waals surface area contributed by atoms with Crippen LogP contribution in [0.4, 0.5) is 0 Å². The normalized spacial score (nSPS) is 23.2. The van der Waals surface area contributed by atoms with Gasteiger partial charge in [0.05, 0.1) is 29.1 Å². The number of aryl methyl sites for hydroxylation is 2. The Kier molecular flexibility index (Phi) is 3.25. The smallest absolute Gasteiger partial charge is 0.0761 e. The van der Waals surface area contributed by atoms with Crippen molar-refractivity contribution < 1.29 is 0 Å².